The number of carboxylic acids is 1. The van der Waals surface area contributed by atoms with Gasteiger partial charge in [-0.15, -0.1) is 0 Å². The highest BCUT2D eigenvalue weighted by molar-refractivity contribution is 14.1. The fraction of sp³-hybridized carbons (Fsp3) is 0.0625. The molecule has 0 bridgehead atoms. The van der Waals surface area contributed by atoms with E-state index in [9.17, 15) is 19.5 Å². The van der Waals surface area contributed by atoms with Crippen molar-refractivity contribution in [3.05, 3.63) is 62.7 Å². The molecule has 1 aliphatic rings. The van der Waals surface area contributed by atoms with Gasteiger partial charge in [0.2, 0.25) is 0 Å². The number of anilines is 1. The van der Waals surface area contributed by atoms with E-state index >= 15 is 0 Å². The summed E-state index contributed by atoms with van der Waals surface area (Å²) in [5.41, 5.74) is 1.50. The first-order valence-corrected chi connectivity index (χ1v) is 7.54. The second kappa shape index (κ2) is 5.53. The van der Waals surface area contributed by atoms with Gasteiger partial charge in [0.05, 0.1) is 23.4 Å². The largest absolute Gasteiger partial charge is 0.478 e. The van der Waals surface area contributed by atoms with Crippen LogP contribution in [0.2, 0.25) is 0 Å². The fourth-order valence-electron chi connectivity index (χ4n) is 2.47. The molecular weight excluding hydrogens is 397 g/mol. The van der Waals surface area contributed by atoms with Crippen LogP contribution in [-0.2, 0) is 11.3 Å². The van der Waals surface area contributed by atoms with Crippen molar-refractivity contribution in [2.75, 3.05) is 4.90 Å². The third-order valence-corrected chi connectivity index (χ3v) is 4.18. The number of carbonyl (C=O) groups is 3. The van der Waals surface area contributed by atoms with Crippen molar-refractivity contribution in [2.45, 2.75) is 6.54 Å². The summed E-state index contributed by atoms with van der Waals surface area (Å²) in [5.74, 6) is -2.24. The Labute approximate surface area is 139 Å². The van der Waals surface area contributed by atoms with E-state index in [1.807, 2.05) is 0 Å². The predicted molar refractivity (Wildman–Crippen MR) is 88.1 cm³/mol. The van der Waals surface area contributed by atoms with Crippen molar-refractivity contribution < 1.29 is 19.5 Å². The van der Waals surface area contributed by atoms with Gasteiger partial charge in [-0.2, -0.15) is 0 Å². The van der Waals surface area contributed by atoms with Crippen LogP contribution in [0.3, 0.4) is 0 Å². The van der Waals surface area contributed by atoms with Crippen LogP contribution < -0.4 is 4.90 Å². The molecule has 3 rings (SSSR count). The number of aromatic carboxylic acids is 1. The van der Waals surface area contributed by atoms with Crippen LogP contribution in [0.25, 0.3) is 0 Å². The number of carboxylic acid groups (broad SMARTS) is 1. The van der Waals surface area contributed by atoms with Gasteiger partial charge in [-0.3, -0.25) is 9.59 Å². The number of ketones is 1. The van der Waals surface area contributed by atoms with Crippen LogP contribution in [0.5, 0.6) is 0 Å². The smallest absolute Gasteiger partial charge is 0.336 e. The molecule has 0 atom stereocenters. The maximum Gasteiger partial charge on any atom is 0.336 e. The van der Waals surface area contributed by atoms with E-state index in [0.717, 1.165) is 3.57 Å². The Morgan fingerprint density at radius 2 is 1.86 bits per heavy atom. The molecule has 1 N–H and O–H groups in total. The molecule has 1 amide bonds. The molecular formula is C16H10INO4. The number of nitrogens with zero attached hydrogens (tertiary/aromatic N) is 1. The number of hydrogen-bond donors (Lipinski definition) is 1. The number of hydrogen-bond acceptors (Lipinski definition) is 3. The lowest BCUT2D eigenvalue weighted by Crippen LogP contribution is -2.29. The molecule has 0 aliphatic carbocycles. The number of rotatable bonds is 3. The van der Waals surface area contributed by atoms with E-state index in [-0.39, 0.29) is 12.1 Å². The van der Waals surface area contributed by atoms with Gasteiger partial charge < -0.3 is 10.0 Å². The lowest BCUT2D eigenvalue weighted by atomic mass is 10.1. The standard InChI is InChI=1S/C16H10INO4/c17-10-5-6-13-12(7-10)14(19)15(20)18(13)8-9-3-1-2-4-11(9)16(21)22/h1-7H,8H2,(H,21,22). The lowest BCUT2D eigenvalue weighted by Gasteiger charge is -2.17. The number of carbonyl (C=O) groups excluding carboxylic acids is 2. The lowest BCUT2D eigenvalue weighted by molar-refractivity contribution is -0.114. The Bertz CT molecular complexity index is 816. The molecule has 5 nitrogen and oxygen atoms in total. The second-order valence-corrected chi connectivity index (χ2v) is 6.09. The number of fused-ring (bicyclic) bond motifs is 1. The summed E-state index contributed by atoms with van der Waals surface area (Å²) in [6, 6.07) is 11.6. The Hall–Kier alpha value is -2.22. The SMILES string of the molecule is O=C(O)c1ccccc1CN1C(=O)C(=O)c2cc(I)ccc21. The van der Waals surface area contributed by atoms with Gasteiger partial charge in [0, 0.05) is 3.57 Å². The molecule has 0 aromatic heterocycles. The van der Waals surface area contributed by atoms with Crippen LogP contribution in [0.4, 0.5) is 5.69 Å². The molecule has 0 radical (unpaired) electrons. The van der Waals surface area contributed by atoms with Gasteiger partial charge in [-0.25, -0.2) is 4.79 Å². The van der Waals surface area contributed by atoms with Gasteiger partial charge in [0.15, 0.2) is 0 Å². The third kappa shape index (κ3) is 2.39. The summed E-state index contributed by atoms with van der Waals surface area (Å²) in [7, 11) is 0. The topological polar surface area (TPSA) is 74.7 Å². The monoisotopic (exact) mass is 407 g/mol. The van der Waals surface area contributed by atoms with Gasteiger partial charge in [-0.1, -0.05) is 18.2 Å². The highest BCUT2D eigenvalue weighted by Gasteiger charge is 2.36. The first-order valence-electron chi connectivity index (χ1n) is 6.46. The molecule has 1 heterocycles. The zero-order valence-electron chi connectivity index (χ0n) is 11.2. The molecule has 22 heavy (non-hydrogen) atoms. The normalized spacial score (nSPS) is 13.4. The summed E-state index contributed by atoms with van der Waals surface area (Å²) < 4.78 is 0.866. The second-order valence-electron chi connectivity index (χ2n) is 4.84. The number of halogens is 1. The minimum Gasteiger partial charge on any atom is -0.478 e. The van der Waals surface area contributed by atoms with Gasteiger partial charge in [-0.05, 0) is 52.4 Å². The first kappa shape index (κ1) is 14.7. The summed E-state index contributed by atoms with van der Waals surface area (Å²) in [6.07, 6.45) is 0. The Morgan fingerprint density at radius 3 is 2.59 bits per heavy atom. The fourth-order valence-corrected chi connectivity index (χ4v) is 2.96. The van der Waals surface area contributed by atoms with Crippen LogP contribution in [0.1, 0.15) is 26.3 Å². The number of Topliss-reactive ketones (excluding diaryl/α,β-unsaturated/α-hetero) is 1. The van der Waals surface area contributed by atoms with Crippen LogP contribution in [-0.4, -0.2) is 22.8 Å². The quantitative estimate of drug-likeness (QED) is 0.628. The summed E-state index contributed by atoms with van der Waals surface area (Å²) >= 11 is 2.08. The molecule has 2 aromatic carbocycles. The van der Waals surface area contributed by atoms with Crippen molar-refractivity contribution in [3.63, 3.8) is 0 Å². The Kier molecular flexibility index (Phi) is 3.69. The molecule has 2 aromatic rings. The highest BCUT2D eigenvalue weighted by Crippen LogP contribution is 2.32. The van der Waals surface area contributed by atoms with Gasteiger partial charge in [0.1, 0.15) is 0 Å². The molecule has 6 heteroatoms. The molecule has 0 fully saturated rings. The van der Waals surface area contributed by atoms with Crippen LogP contribution in [0, 0.1) is 3.57 Å². The molecule has 0 unspecified atom stereocenters. The van der Waals surface area contributed by atoms with Crippen molar-refractivity contribution in [1.82, 2.24) is 0 Å². The molecule has 110 valence electrons. The average molecular weight is 407 g/mol. The summed E-state index contributed by atoms with van der Waals surface area (Å²) in [4.78, 5) is 36.8. The van der Waals surface area contributed by atoms with E-state index in [4.69, 9.17) is 0 Å². The molecule has 0 saturated carbocycles. The van der Waals surface area contributed by atoms with Crippen molar-refractivity contribution in [3.8, 4) is 0 Å². The van der Waals surface area contributed by atoms with Gasteiger partial charge in [0.25, 0.3) is 11.7 Å². The summed E-state index contributed by atoms with van der Waals surface area (Å²) in [6.45, 7) is 0.0562. The predicted octanol–water partition coefficient (Wildman–Crippen LogP) is 2.72. The maximum atomic E-state index is 12.2. The van der Waals surface area contributed by atoms with E-state index in [2.05, 4.69) is 22.6 Å². The van der Waals surface area contributed by atoms with Crippen molar-refractivity contribution in [1.29, 1.82) is 0 Å². The van der Waals surface area contributed by atoms with Crippen molar-refractivity contribution in [2.24, 2.45) is 0 Å². The van der Waals surface area contributed by atoms with E-state index in [0.29, 0.717) is 16.8 Å². The van der Waals surface area contributed by atoms with Gasteiger partial charge >= 0.3 is 5.97 Å². The molecule has 0 saturated heterocycles. The third-order valence-electron chi connectivity index (χ3n) is 3.51. The van der Waals surface area contributed by atoms with Crippen LogP contribution >= 0.6 is 22.6 Å². The van der Waals surface area contributed by atoms with E-state index in [1.54, 1.807) is 36.4 Å². The Balaban J connectivity index is 2.03. The molecule has 0 spiro atoms. The van der Waals surface area contributed by atoms with Crippen molar-refractivity contribution >= 4 is 45.9 Å². The minimum absolute atomic E-state index is 0.0562. The summed E-state index contributed by atoms with van der Waals surface area (Å²) in [5, 5.41) is 9.22. The zero-order chi connectivity index (χ0) is 15.9. The minimum atomic E-state index is -1.06. The average Bonchev–Trinajstić information content (AvgIpc) is 2.72. The Morgan fingerprint density at radius 1 is 1.14 bits per heavy atom. The van der Waals surface area contributed by atoms with E-state index in [1.165, 1.54) is 11.0 Å². The first-order chi connectivity index (χ1) is 10.5. The highest BCUT2D eigenvalue weighted by atomic mass is 127. The molecule has 1 aliphatic heterocycles. The number of benzene rings is 2. The zero-order valence-corrected chi connectivity index (χ0v) is 13.4. The van der Waals surface area contributed by atoms with E-state index < -0.39 is 17.7 Å². The van der Waals surface area contributed by atoms with Crippen LogP contribution in [0.15, 0.2) is 42.5 Å². The maximum absolute atomic E-state index is 12.2. The number of amides is 1.